The van der Waals surface area contributed by atoms with E-state index in [1.54, 1.807) is 0 Å². The van der Waals surface area contributed by atoms with Crippen LogP contribution in [0.3, 0.4) is 0 Å². The summed E-state index contributed by atoms with van der Waals surface area (Å²) in [6.45, 7) is 7.53. The van der Waals surface area contributed by atoms with Crippen molar-refractivity contribution in [2.45, 2.75) is 45.6 Å². The van der Waals surface area contributed by atoms with Crippen LogP contribution in [0.15, 0.2) is 12.2 Å². The molecule has 1 aliphatic heterocycles. The molecule has 112 valence electrons. The average molecular weight is 276 g/mol. The highest BCUT2D eigenvalue weighted by Crippen LogP contribution is 2.44. The second-order valence-electron chi connectivity index (χ2n) is 7.16. The smallest absolute Gasteiger partial charge is 0.226 e. The zero-order valence-electron chi connectivity index (χ0n) is 12.8. The Labute approximate surface area is 122 Å². The highest BCUT2D eigenvalue weighted by Gasteiger charge is 2.42. The standard InChI is InChI=1S/C17H28N2O/c1-12(2)19(11-13-5-7-18-8-6-13)17(20)16-10-14-3-4-15(16)9-14/h3-4,12-16,18H,5-11H2,1-2H3. The van der Waals surface area contributed by atoms with E-state index in [0.29, 0.717) is 29.7 Å². The molecule has 2 aliphatic carbocycles. The summed E-state index contributed by atoms with van der Waals surface area (Å²) >= 11 is 0. The molecule has 2 fully saturated rings. The number of nitrogens with one attached hydrogen (secondary N) is 1. The highest BCUT2D eigenvalue weighted by atomic mass is 16.2. The Bertz CT molecular complexity index is 384. The zero-order chi connectivity index (χ0) is 14.1. The first-order chi connectivity index (χ1) is 9.65. The molecule has 0 aromatic rings. The van der Waals surface area contributed by atoms with Crippen molar-refractivity contribution in [3.05, 3.63) is 12.2 Å². The predicted octanol–water partition coefficient (Wildman–Crippen LogP) is 2.44. The summed E-state index contributed by atoms with van der Waals surface area (Å²) in [6, 6.07) is 0.334. The molecule has 3 rings (SSSR count). The van der Waals surface area contributed by atoms with Gasteiger partial charge in [0.25, 0.3) is 0 Å². The van der Waals surface area contributed by atoms with Gasteiger partial charge in [-0.3, -0.25) is 4.79 Å². The Kier molecular flexibility index (Phi) is 4.16. The third-order valence-electron chi connectivity index (χ3n) is 5.42. The van der Waals surface area contributed by atoms with Gasteiger partial charge in [-0.2, -0.15) is 0 Å². The first-order valence-electron chi connectivity index (χ1n) is 8.34. The number of hydrogen-bond donors (Lipinski definition) is 1. The molecule has 0 aromatic carbocycles. The van der Waals surface area contributed by atoms with E-state index in [2.05, 4.69) is 36.2 Å². The van der Waals surface area contributed by atoms with E-state index in [-0.39, 0.29) is 5.92 Å². The molecule has 1 saturated heterocycles. The Morgan fingerprint density at radius 3 is 2.55 bits per heavy atom. The number of carbonyl (C=O) groups is 1. The molecule has 0 radical (unpaired) electrons. The van der Waals surface area contributed by atoms with E-state index in [1.165, 1.54) is 19.3 Å². The molecule has 1 N–H and O–H groups in total. The van der Waals surface area contributed by atoms with Crippen LogP contribution >= 0.6 is 0 Å². The molecule has 3 nitrogen and oxygen atoms in total. The first kappa shape index (κ1) is 14.1. The number of piperidine rings is 1. The largest absolute Gasteiger partial charge is 0.340 e. The van der Waals surface area contributed by atoms with Gasteiger partial charge in [-0.25, -0.2) is 0 Å². The Balaban J connectivity index is 1.63. The maximum atomic E-state index is 12.9. The van der Waals surface area contributed by atoms with Crippen LogP contribution in [0.5, 0.6) is 0 Å². The summed E-state index contributed by atoms with van der Waals surface area (Å²) in [5.41, 5.74) is 0. The minimum atomic E-state index is 0.272. The summed E-state index contributed by atoms with van der Waals surface area (Å²) in [7, 11) is 0. The molecule has 3 heteroatoms. The molecular weight excluding hydrogens is 248 g/mol. The van der Waals surface area contributed by atoms with Crippen LogP contribution in [-0.2, 0) is 4.79 Å². The monoisotopic (exact) mass is 276 g/mol. The number of amides is 1. The van der Waals surface area contributed by atoms with Crippen LogP contribution in [0, 0.1) is 23.7 Å². The zero-order valence-corrected chi connectivity index (χ0v) is 12.8. The fourth-order valence-corrected chi connectivity index (χ4v) is 4.18. The third-order valence-corrected chi connectivity index (χ3v) is 5.42. The van der Waals surface area contributed by atoms with Gasteiger partial charge in [0.1, 0.15) is 0 Å². The van der Waals surface area contributed by atoms with Crippen molar-refractivity contribution in [3.8, 4) is 0 Å². The van der Waals surface area contributed by atoms with E-state index in [9.17, 15) is 4.79 Å². The van der Waals surface area contributed by atoms with Crippen molar-refractivity contribution in [3.63, 3.8) is 0 Å². The summed E-state index contributed by atoms with van der Waals surface area (Å²) in [5, 5.41) is 3.41. The number of fused-ring (bicyclic) bond motifs is 2. The third kappa shape index (κ3) is 2.78. The second-order valence-corrected chi connectivity index (χ2v) is 7.16. The highest BCUT2D eigenvalue weighted by molar-refractivity contribution is 5.80. The Hall–Kier alpha value is -0.830. The van der Waals surface area contributed by atoms with Gasteiger partial charge in [-0.1, -0.05) is 12.2 Å². The predicted molar refractivity (Wildman–Crippen MR) is 81.3 cm³/mol. The fraction of sp³-hybridized carbons (Fsp3) is 0.824. The van der Waals surface area contributed by atoms with Gasteiger partial charge in [-0.15, -0.1) is 0 Å². The minimum absolute atomic E-state index is 0.272. The maximum absolute atomic E-state index is 12.9. The SMILES string of the molecule is CC(C)N(CC1CCNCC1)C(=O)C1CC2C=CC1C2. The molecule has 1 amide bonds. The number of allylic oxidation sites excluding steroid dienone is 2. The normalized spacial score (nSPS) is 33.0. The van der Waals surface area contributed by atoms with E-state index in [4.69, 9.17) is 0 Å². The quantitative estimate of drug-likeness (QED) is 0.800. The number of rotatable bonds is 4. The molecule has 1 saturated carbocycles. The van der Waals surface area contributed by atoms with Crippen molar-refractivity contribution in [1.29, 1.82) is 0 Å². The molecule has 0 aromatic heterocycles. The summed E-state index contributed by atoms with van der Waals surface area (Å²) in [6.07, 6.45) is 9.35. The molecular formula is C17H28N2O. The van der Waals surface area contributed by atoms with Crippen LogP contribution in [0.2, 0.25) is 0 Å². The molecule has 1 heterocycles. The van der Waals surface area contributed by atoms with Crippen LogP contribution in [0.25, 0.3) is 0 Å². The lowest BCUT2D eigenvalue weighted by Gasteiger charge is -2.35. The fourth-order valence-electron chi connectivity index (χ4n) is 4.18. The second kappa shape index (κ2) is 5.88. The van der Waals surface area contributed by atoms with Crippen molar-refractivity contribution in [2.75, 3.05) is 19.6 Å². The molecule has 20 heavy (non-hydrogen) atoms. The van der Waals surface area contributed by atoms with Gasteiger partial charge in [0.2, 0.25) is 5.91 Å². The van der Waals surface area contributed by atoms with Crippen molar-refractivity contribution in [2.24, 2.45) is 23.7 Å². The van der Waals surface area contributed by atoms with E-state index in [0.717, 1.165) is 26.1 Å². The van der Waals surface area contributed by atoms with Gasteiger partial charge in [0.05, 0.1) is 0 Å². The van der Waals surface area contributed by atoms with Gasteiger partial charge in [-0.05, 0) is 70.4 Å². The molecule has 2 bridgehead atoms. The van der Waals surface area contributed by atoms with Crippen molar-refractivity contribution >= 4 is 5.91 Å². The van der Waals surface area contributed by atoms with Crippen molar-refractivity contribution in [1.82, 2.24) is 10.2 Å². The number of hydrogen-bond acceptors (Lipinski definition) is 2. The topological polar surface area (TPSA) is 32.3 Å². The van der Waals surface area contributed by atoms with Crippen LogP contribution in [0.1, 0.15) is 39.5 Å². The summed E-state index contributed by atoms with van der Waals surface area (Å²) in [5.74, 6) is 2.60. The summed E-state index contributed by atoms with van der Waals surface area (Å²) < 4.78 is 0. The van der Waals surface area contributed by atoms with Crippen LogP contribution in [-0.4, -0.2) is 36.5 Å². The van der Waals surface area contributed by atoms with Gasteiger partial charge in [0, 0.05) is 18.5 Å². The Morgan fingerprint density at radius 2 is 2.00 bits per heavy atom. The lowest BCUT2D eigenvalue weighted by molar-refractivity contribution is -0.139. The van der Waals surface area contributed by atoms with Crippen LogP contribution in [0.4, 0.5) is 0 Å². The van der Waals surface area contributed by atoms with E-state index < -0.39 is 0 Å². The molecule has 3 atom stereocenters. The maximum Gasteiger partial charge on any atom is 0.226 e. The Morgan fingerprint density at radius 1 is 1.25 bits per heavy atom. The molecule has 3 unspecified atom stereocenters. The molecule has 0 spiro atoms. The van der Waals surface area contributed by atoms with Gasteiger partial charge in [0.15, 0.2) is 0 Å². The van der Waals surface area contributed by atoms with Crippen LogP contribution < -0.4 is 5.32 Å². The van der Waals surface area contributed by atoms with Gasteiger partial charge >= 0.3 is 0 Å². The average Bonchev–Trinajstić information content (AvgIpc) is 3.07. The van der Waals surface area contributed by atoms with Gasteiger partial charge < -0.3 is 10.2 Å². The first-order valence-corrected chi connectivity index (χ1v) is 8.34. The van der Waals surface area contributed by atoms with Crippen molar-refractivity contribution < 1.29 is 4.79 Å². The number of carbonyl (C=O) groups excluding carboxylic acids is 1. The lowest BCUT2D eigenvalue weighted by Crippen LogP contribution is -2.46. The molecule has 3 aliphatic rings. The summed E-state index contributed by atoms with van der Waals surface area (Å²) in [4.78, 5) is 15.1. The minimum Gasteiger partial charge on any atom is -0.340 e. The number of nitrogens with zero attached hydrogens (tertiary/aromatic N) is 1. The lowest BCUT2D eigenvalue weighted by atomic mass is 9.90. The van der Waals surface area contributed by atoms with E-state index in [1.807, 2.05) is 0 Å². The van der Waals surface area contributed by atoms with E-state index >= 15 is 0 Å².